The molecule has 21 heavy (non-hydrogen) atoms. The van der Waals surface area contributed by atoms with Gasteiger partial charge in [-0.05, 0) is 28.8 Å². The normalized spacial score (nSPS) is 10.5. The third-order valence-electron chi connectivity index (χ3n) is 3.26. The molecule has 0 fully saturated rings. The Bertz CT molecular complexity index is 745. The number of benzene rings is 2. The maximum atomic E-state index is 12.9. The number of rotatable bonds is 4. The summed E-state index contributed by atoms with van der Waals surface area (Å²) in [5, 5.41) is 0. The minimum absolute atomic E-state index is 0.243. The lowest BCUT2D eigenvalue weighted by Crippen LogP contribution is -2.03. The van der Waals surface area contributed by atoms with Gasteiger partial charge in [0.1, 0.15) is 5.82 Å². The predicted octanol–water partition coefficient (Wildman–Crippen LogP) is 3.35. The summed E-state index contributed by atoms with van der Waals surface area (Å²) in [6, 6.07) is 14.3. The van der Waals surface area contributed by atoms with E-state index in [1.165, 1.54) is 18.3 Å². The molecule has 0 saturated heterocycles. The molecular formula is C17H12FN2O. The second kappa shape index (κ2) is 5.71. The fourth-order valence-corrected chi connectivity index (χ4v) is 2.15. The van der Waals surface area contributed by atoms with Gasteiger partial charge in [0, 0.05) is 6.54 Å². The highest BCUT2D eigenvalue weighted by Gasteiger charge is 2.03. The van der Waals surface area contributed by atoms with Gasteiger partial charge in [-0.3, -0.25) is 4.79 Å². The summed E-state index contributed by atoms with van der Waals surface area (Å²) in [5.74, 6) is 0.116. The highest BCUT2D eigenvalue weighted by atomic mass is 19.1. The molecule has 3 rings (SSSR count). The van der Waals surface area contributed by atoms with Gasteiger partial charge >= 0.3 is 0 Å². The van der Waals surface area contributed by atoms with Crippen LogP contribution < -0.4 is 0 Å². The second-order valence-corrected chi connectivity index (χ2v) is 4.65. The molecule has 0 bridgehead atoms. The minimum atomic E-state index is -0.243. The fraction of sp³-hybridized carbons (Fsp3) is 0.0588. The molecule has 0 aliphatic heterocycles. The Kier molecular flexibility index (Phi) is 3.60. The van der Waals surface area contributed by atoms with E-state index in [4.69, 9.17) is 0 Å². The minimum Gasteiger partial charge on any atom is -0.316 e. The van der Waals surface area contributed by atoms with Crippen LogP contribution in [0.15, 0.2) is 54.7 Å². The Morgan fingerprint density at radius 2 is 1.67 bits per heavy atom. The van der Waals surface area contributed by atoms with Gasteiger partial charge in [0.15, 0.2) is 12.1 Å². The Morgan fingerprint density at radius 1 is 1.05 bits per heavy atom. The van der Waals surface area contributed by atoms with Gasteiger partial charge in [-0.25, -0.2) is 9.37 Å². The first kappa shape index (κ1) is 13.2. The third-order valence-corrected chi connectivity index (χ3v) is 3.26. The number of aromatic nitrogens is 2. The summed E-state index contributed by atoms with van der Waals surface area (Å²) < 4.78 is 14.6. The molecule has 3 nitrogen and oxygen atoms in total. The lowest BCUT2D eigenvalue weighted by Gasteiger charge is -2.06. The number of halogens is 1. The lowest BCUT2D eigenvalue weighted by atomic mass is 10.0. The van der Waals surface area contributed by atoms with Crippen LogP contribution in [0.25, 0.3) is 11.1 Å². The van der Waals surface area contributed by atoms with E-state index in [-0.39, 0.29) is 5.82 Å². The average Bonchev–Trinajstić information content (AvgIpc) is 2.96. The van der Waals surface area contributed by atoms with Crippen molar-refractivity contribution < 1.29 is 9.18 Å². The number of aldehydes is 1. The summed E-state index contributed by atoms with van der Waals surface area (Å²) in [5.41, 5.74) is 3.02. The van der Waals surface area contributed by atoms with E-state index in [2.05, 4.69) is 11.2 Å². The zero-order valence-corrected chi connectivity index (χ0v) is 11.2. The standard InChI is InChI=1S/C17H12FN2O/c18-16-7-5-15(6-8-16)14-3-1-13(2-4-14)11-20-10-9-19-17(20)12-21/h1-9,12H,11H2. The molecule has 1 radical (unpaired) electrons. The number of imidazole rings is 1. The zero-order chi connectivity index (χ0) is 14.7. The first-order valence-corrected chi connectivity index (χ1v) is 6.49. The summed E-state index contributed by atoms with van der Waals surface area (Å²) in [4.78, 5) is 14.7. The molecule has 0 N–H and O–H groups in total. The van der Waals surface area contributed by atoms with Crippen molar-refractivity contribution in [3.8, 4) is 11.1 Å². The van der Waals surface area contributed by atoms with E-state index in [0.29, 0.717) is 18.7 Å². The van der Waals surface area contributed by atoms with Crippen LogP contribution in [0.2, 0.25) is 0 Å². The van der Waals surface area contributed by atoms with E-state index < -0.39 is 0 Å². The largest absolute Gasteiger partial charge is 0.316 e. The smallest absolute Gasteiger partial charge is 0.185 e. The van der Waals surface area contributed by atoms with Crippen LogP contribution in [0, 0.1) is 12.0 Å². The quantitative estimate of drug-likeness (QED) is 0.686. The lowest BCUT2D eigenvalue weighted by molar-refractivity contribution is 0.111. The molecule has 0 atom stereocenters. The van der Waals surface area contributed by atoms with Crippen molar-refractivity contribution in [1.29, 1.82) is 0 Å². The topological polar surface area (TPSA) is 34.9 Å². The van der Waals surface area contributed by atoms with Crippen LogP contribution in [0.4, 0.5) is 4.39 Å². The summed E-state index contributed by atoms with van der Waals surface area (Å²) >= 11 is 0. The van der Waals surface area contributed by atoms with E-state index in [0.717, 1.165) is 16.7 Å². The number of hydrogen-bond acceptors (Lipinski definition) is 2. The van der Waals surface area contributed by atoms with Gasteiger partial charge in [-0.15, -0.1) is 0 Å². The Morgan fingerprint density at radius 3 is 2.29 bits per heavy atom. The maximum absolute atomic E-state index is 12.9. The second-order valence-electron chi connectivity index (χ2n) is 4.65. The molecule has 4 heteroatoms. The highest BCUT2D eigenvalue weighted by Crippen LogP contribution is 2.20. The van der Waals surface area contributed by atoms with Crippen molar-refractivity contribution in [3.05, 3.63) is 78.1 Å². The number of carbonyl (C=O) groups is 1. The molecule has 1 aromatic heterocycles. The van der Waals surface area contributed by atoms with Crippen molar-refractivity contribution in [2.24, 2.45) is 0 Å². The van der Waals surface area contributed by atoms with Crippen LogP contribution in [0.3, 0.4) is 0 Å². The van der Waals surface area contributed by atoms with Gasteiger partial charge in [-0.2, -0.15) is 0 Å². The number of hydrogen-bond donors (Lipinski definition) is 0. The van der Waals surface area contributed by atoms with E-state index >= 15 is 0 Å². The molecule has 0 amide bonds. The van der Waals surface area contributed by atoms with E-state index in [1.807, 2.05) is 24.3 Å². The van der Waals surface area contributed by atoms with Crippen LogP contribution in [-0.2, 0) is 6.54 Å². The first-order chi connectivity index (χ1) is 10.3. The molecule has 0 aliphatic carbocycles. The molecule has 0 spiro atoms. The van der Waals surface area contributed by atoms with E-state index in [9.17, 15) is 9.18 Å². The van der Waals surface area contributed by atoms with Crippen molar-refractivity contribution in [2.45, 2.75) is 6.54 Å². The maximum Gasteiger partial charge on any atom is 0.185 e. The molecule has 1 heterocycles. The monoisotopic (exact) mass is 279 g/mol. The summed E-state index contributed by atoms with van der Waals surface area (Å²) in [7, 11) is 0. The highest BCUT2D eigenvalue weighted by molar-refractivity contribution is 5.69. The van der Waals surface area contributed by atoms with Gasteiger partial charge in [0.2, 0.25) is 0 Å². The van der Waals surface area contributed by atoms with E-state index in [1.54, 1.807) is 16.7 Å². The molecule has 0 saturated carbocycles. The van der Waals surface area contributed by atoms with Crippen LogP contribution in [0.1, 0.15) is 16.2 Å². The molecule has 0 aliphatic rings. The SMILES string of the molecule is O=Cc1nc[c]n1Cc1ccc(-c2ccc(F)cc2)cc1. The summed E-state index contributed by atoms with van der Waals surface area (Å²) in [6.07, 6.45) is 5.08. The van der Waals surface area contributed by atoms with Crippen molar-refractivity contribution in [1.82, 2.24) is 9.55 Å². The van der Waals surface area contributed by atoms with Crippen LogP contribution in [0.5, 0.6) is 0 Å². The van der Waals surface area contributed by atoms with Crippen molar-refractivity contribution in [3.63, 3.8) is 0 Å². The van der Waals surface area contributed by atoms with Gasteiger partial charge in [0.25, 0.3) is 0 Å². The molecule has 3 aromatic rings. The molecule has 0 unspecified atom stereocenters. The van der Waals surface area contributed by atoms with Gasteiger partial charge in [-0.1, -0.05) is 36.4 Å². The van der Waals surface area contributed by atoms with Gasteiger partial charge in [0.05, 0.1) is 12.4 Å². The zero-order valence-electron chi connectivity index (χ0n) is 11.2. The molecular weight excluding hydrogens is 267 g/mol. The average molecular weight is 279 g/mol. The summed E-state index contributed by atoms with van der Waals surface area (Å²) in [6.45, 7) is 0.539. The predicted molar refractivity (Wildman–Crippen MR) is 77.4 cm³/mol. The van der Waals surface area contributed by atoms with Gasteiger partial charge < -0.3 is 4.57 Å². The molecule has 2 aromatic carbocycles. The van der Waals surface area contributed by atoms with Crippen LogP contribution in [-0.4, -0.2) is 15.8 Å². The first-order valence-electron chi connectivity index (χ1n) is 6.49. The van der Waals surface area contributed by atoms with Crippen molar-refractivity contribution >= 4 is 6.29 Å². The fourth-order valence-electron chi connectivity index (χ4n) is 2.15. The number of nitrogens with zero attached hydrogens (tertiary/aromatic N) is 2. The van der Waals surface area contributed by atoms with Crippen molar-refractivity contribution in [2.75, 3.05) is 0 Å². The Balaban J connectivity index is 1.81. The third kappa shape index (κ3) is 2.89. The Labute approximate surface area is 121 Å². The molecule has 103 valence electrons. The van der Waals surface area contributed by atoms with Crippen LogP contribution >= 0.6 is 0 Å². The number of carbonyl (C=O) groups excluding carboxylic acids is 1. The Hall–Kier alpha value is -2.75.